The van der Waals surface area contributed by atoms with Gasteiger partial charge in [0.25, 0.3) is 0 Å². The van der Waals surface area contributed by atoms with Crippen molar-refractivity contribution in [2.45, 2.75) is 10.8 Å². The maximum absolute atomic E-state index is 15.9. The minimum absolute atomic E-state index is 0.0721. The van der Waals surface area contributed by atoms with E-state index in [2.05, 4.69) is 0 Å². The van der Waals surface area contributed by atoms with E-state index in [-0.39, 0.29) is 17.0 Å². The van der Waals surface area contributed by atoms with E-state index in [1.165, 1.54) is 18.2 Å². The smallest absolute Gasteiger partial charge is 0.335 e. The Morgan fingerprint density at radius 1 is 0.583 bits per heavy atom. The number of halogens is 2. The summed E-state index contributed by atoms with van der Waals surface area (Å²) in [5.74, 6) is -4.95. The zero-order valence-electron chi connectivity index (χ0n) is 25.1. The lowest BCUT2D eigenvalue weighted by Crippen LogP contribution is -2.45. The molecule has 0 aromatic heterocycles. The van der Waals surface area contributed by atoms with Gasteiger partial charge in [-0.3, -0.25) is 14.4 Å². The highest BCUT2D eigenvalue weighted by atomic mass is 35.5. The summed E-state index contributed by atoms with van der Waals surface area (Å²) in [7, 11) is 0. The number of fused-ring (bicyclic) bond motifs is 5. The number of carboxylic acids is 1. The first-order valence-electron chi connectivity index (χ1n) is 15.4. The van der Waals surface area contributed by atoms with Crippen molar-refractivity contribution < 1.29 is 24.3 Å². The van der Waals surface area contributed by atoms with Crippen LogP contribution in [-0.2, 0) is 25.2 Å². The van der Waals surface area contributed by atoms with E-state index < -0.39 is 40.4 Å². The van der Waals surface area contributed by atoms with Crippen molar-refractivity contribution >= 4 is 63.6 Å². The van der Waals surface area contributed by atoms with Crippen LogP contribution in [0.2, 0.25) is 10.0 Å². The molecule has 2 bridgehead atoms. The average molecular weight is 671 g/mol. The van der Waals surface area contributed by atoms with E-state index in [0.717, 1.165) is 16.0 Å². The number of aromatic carboxylic acids is 1. The molecule has 1 saturated heterocycles. The third-order valence-corrected chi connectivity index (χ3v) is 10.6. The summed E-state index contributed by atoms with van der Waals surface area (Å²) in [6.45, 7) is 0. The third-order valence-electron chi connectivity index (χ3n) is 10.1. The topological polar surface area (TPSA) is 91.8 Å². The maximum atomic E-state index is 15.9. The van der Waals surface area contributed by atoms with Crippen molar-refractivity contribution in [3.05, 3.63) is 171 Å². The van der Waals surface area contributed by atoms with Gasteiger partial charge < -0.3 is 5.11 Å². The first kappa shape index (κ1) is 30.1. The van der Waals surface area contributed by atoms with Gasteiger partial charge in [-0.05, 0) is 75.9 Å². The number of rotatable bonds is 6. The van der Waals surface area contributed by atoms with Crippen LogP contribution >= 0.6 is 23.2 Å². The summed E-state index contributed by atoms with van der Waals surface area (Å²) in [5.41, 5.74) is 0.648. The molecule has 2 aliphatic carbocycles. The van der Waals surface area contributed by atoms with E-state index in [1.54, 1.807) is 54.6 Å². The number of hydrogen-bond acceptors (Lipinski definition) is 4. The number of carbonyl (C=O) groups is 4. The van der Waals surface area contributed by atoms with E-state index in [4.69, 9.17) is 23.2 Å². The van der Waals surface area contributed by atoms with Gasteiger partial charge in [0.2, 0.25) is 11.8 Å². The first-order valence-corrected chi connectivity index (χ1v) is 16.1. The van der Waals surface area contributed by atoms with Gasteiger partial charge in [-0.25, -0.2) is 9.69 Å². The van der Waals surface area contributed by atoms with Crippen LogP contribution in [0.4, 0.5) is 5.69 Å². The monoisotopic (exact) mass is 669 g/mol. The lowest BCUT2D eigenvalue weighted by molar-refractivity contribution is -0.130. The van der Waals surface area contributed by atoms with Crippen LogP contribution in [0.5, 0.6) is 0 Å². The highest BCUT2D eigenvalue weighted by Crippen LogP contribution is 2.74. The van der Waals surface area contributed by atoms with Crippen LogP contribution in [0.1, 0.15) is 32.6 Å². The fraction of sp³-hybridized carbons (Fsp3) is 0.100. The van der Waals surface area contributed by atoms with Crippen LogP contribution in [-0.4, -0.2) is 28.7 Å². The van der Waals surface area contributed by atoms with Gasteiger partial charge in [-0.1, -0.05) is 114 Å². The molecule has 8 heteroatoms. The van der Waals surface area contributed by atoms with Gasteiger partial charge in [0, 0.05) is 10.0 Å². The maximum Gasteiger partial charge on any atom is 0.335 e. The van der Waals surface area contributed by atoms with Gasteiger partial charge in [0.1, 0.15) is 0 Å². The van der Waals surface area contributed by atoms with Gasteiger partial charge >= 0.3 is 5.97 Å². The van der Waals surface area contributed by atoms with Crippen LogP contribution in [0.25, 0.3) is 11.1 Å². The molecular formula is C40H25Cl2NO5. The number of anilines is 1. The first-order chi connectivity index (χ1) is 23.2. The van der Waals surface area contributed by atoms with E-state index in [0.29, 0.717) is 32.3 Å². The number of nitrogens with zero attached hydrogens (tertiary/aromatic N) is 1. The predicted octanol–water partition coefficient (Wildman–Crippen LogP) is 7.88. The van der Waals surface area contributed by atoms with E-state index in [9.17, 15) is 9.90 Å². The summed E-state index contributed by atoms with van der Waals surface area (Å²) in [6, 6.07) is 38.5. The highest BCUT2D eigenvalue weighted by Gasteiger charge is 2.82. The molecule has 48 heavy (non-hydrogen) atoms. The number of amides is 2. The Hall–Kier alpha value is -5.30. The molecule has 4 atom stereocenters. The van der Waals surface area contributed by atoms with Gasteiger partial charge in [0.15, 0.2) is 5.78 Å². The molecule has 3 aliphatic rings. The zero-order chi connectivity index (χ0) is 33.4. The Bertz CT molecular complexity index is 2070. The van der Waals surface area contributed by atoms with Crippen molar-refractivity contribution in [2.24, 2.45) is 11.8 Å². The van der Waals surface area contributed by atoms with E-state index in [1.807, 2.05) is 60.7 Å². The standard InChI is InChI=1S/C40H25Cl2NO5/c41-28-18-14-26(15-19-28)39-31(23-8-3-1-4-9-23)32(24-10-5-2-6-11-24)40(38(39)48,27-16-20-29(42)21-17-27)34-33(39)35(44)43(36(34)45)30-13-7-12-25(22-30)37(46)47/h1-22,33-34H,(H,46,47)/t33-,34+,39-,40-/m0/s1. The number of ketones is 1. The van der Waals surface area contributed by atoms with Crippen LogP contribution in [0.15, 0.2) is 133 Å². The fourth-order valence-corrected chi connectivity index (χ4v) is 8.64. The molecule has 0 radical (unpaired) electrons. The quantitative estimate of drug-likeness (QED) is 0.186. The summed E-state index contributed by atoms with van der Waals surface area (Å²) in [4.78, 5) is 59.0. The van der Waals surface area contributed by atoms with Crippen LogP contribution in [0.3, 0.4) is 0 Å². The molecule has 1 aliphatic heterocycles. The number of carboxylic acid groups (broad SMARTS) is 1. The molecule has 1 saturated carbocycles. The molecule has 5 aromatic rings. The second kappa shape index (κ2) is 10.9. The minimum Gasteiger partial charge on any atom is -0.478 e. The lowest BCUT2D eigenvalue weighted by Gasteiger charge is -2.39. The molecule has 0 spiro atoms. The largest absolute Gasteiger partial charge is 0.478 e. The van der Waals surface area contributed by atoms with Crippen molar-refractivity contribution in [2.75, 3.05) is 4.90 Å². The molecule has 1 N–H and O–H groups in total. The summed E-state index contributed by atoms with van der Waals surface area (Å²) in [5, 5.41) is 10.7. The Morgan fingerprint density at radius 3 is 1.44 bits per heavy atom. The van der Waals surface area contributed by atoms with Crippen molar-refractivity contribution in [1.82, 2.24) is 0 Å². The van der Waals surface area contributed by atoms with E-state index >= 15 is 14.4 Å². The molecule has 0 unspecified atom stereocenters. The average Bonchev–Trinajstić information content (AvgIpc) is 3.61. The summed E-state index contributed by atoms with van der Waals surface area (Å²) in [6.07, 6.45) is 0. The third kappa shape index (κ3) is 3.87. The Kier molecular flexibility index (Phi) is 6.81. The normalized spacial score (nSPS) is 24.4. The Labute approximate surface area is 285 Å². The molecule has 2 amide bonds. The Morgan fingerprint density at radius 2 is 1.02 bits per heavy atom. The highest BCUT2D eigenvalue weighted by molar-refractivity contribution is 6.39. The second-order valence-electron chi connectivity index (χ2n) is 12.3. The number of Topliss-reactive ketones (excluding diaryl/α,β-unsaturated/α-hetero) is 1. The van der Waals surface area contributed by atoms with Gasteiger partial charge in [0.05, 0.1) is 33.9 Å². The van der Waals surface area contributed by atoms with Crippen molar-refractivity contribution in [3.63, 3.8) is 0 Å². The number of allylic oxidation sites excluding steroid dienone is 2. The summed E-state index contributed by atoms with van der Waals surface area (Å²) < 4.78 is 0. The predicted molar refractivity (Wildman–Crippen MR) is 184 cm³/mol. The Balaban J connectivity index is 1.54. The molecular weight excluding hydrogens is 645 g/mol. The van der Waals surface area contributed by atoms with Gasteiger partial charge in [-0.2, -0.15) is 0 Å². The van der Waals surface area contributed by atoms with Crippen molar-refractivity contribution in [3.8, 4) is 0 Å². The number of benzene rings is 5. The minimum atomic E-state index is -1.62. The van der Waals surface area contributed by atoms with Crippen LogP contribution < -0.4 is 4.90 Å². The van der Waals surface area contributed by atoms with Gasteiger partial charge in [-0.15, -0.1) is 0 Å². The zero-order valence-corrected chi connectivity index (χ0v) is 26.7. The molecule has 2 fully saturated rings. The summed E-state index contributed by atoms with van der Waals surface area (Å²) >= 11 is 12.8. The second-order valence-corrected chi connectivity index (χ2v) is 13.1. The molecule has 5 aromatic carbocycles. The molecule has 6 nitrogen and oxygen atoms in total. The SMILES string of the molecule is O=C(O)c1cccc(N2C(=O)[C@@H]3[C@H](C2=O)[C@@]2(c4ccc(Cl)cc4)C(=O)[C@@]3(c3ccc(Cl)cc3)C(c3ccccc3)=C2c2ccccc2)c1. The number of hydrogen-bond donors (Lipinski definition) is 1. The molecule has 1 heterocycles. The van der Waals surface area contributed by atoms with Crippen LogP contribution in [0, 0.1) is 11.8 Å². The van der Waals surface area contributed by atoms with Crippen molar-refractivity contribution in [1.29, 1.82) is 0 Å². The molecule has 234 valence electrons. The fourth-order valence-electron chi connectivity index (χ4n) is 8.39. The lowest BCUT2D eigenvalue weighted by atomic mass is 9.59. The number of carbonyl (C=O) groups excluding carboxylic acids is 3. The molecule has 8 rings (SSSR count). The number of imide groups is 1.